The number of methoxy groups -OCH3 is 1. The molecular formula is C20H17N5O3. The van der Waals surface area contributed by atoms with Gasteiger partial charge in [0.1, 0.15) is 11.3 Å². The predicted octanol–water partition coefficient (Wildman–Crippen LogP) is 2.19. The quantitative estimate of drug-likeness (QED) is 0.567. The molecule has 4 aromatic rings. The van der Waals surface area contributed by atoms with E-state index in [-0.39, 0.29) is 22.7 Å². The number of imidazole rings is 1. The van der Waals surface area contributed by atoms with Gasteiger partial charge in [-0.3, -0.25) is 4.79 Å². The van der Waals surface area contributed by atoms with Gasteiger partial charge in [0.25, 0.3) is 5.91 Å². The van der Waals surface area contributed by atoms with Gasteiger partial charge in [-0.2, -0.15) is 0 Å². The van der Waals surface area contributed by atoms with Gasteiger partial charge in [0, 0.05) is 5.56 Å². The molecule has 0 unspecified atom stereocenters. The molecule has 1 amide bonds. The summed E-state index contributed by atoms with van der Waals surface area (Å²) in [6.45, 7) is 1.96. The highest BCUT2D eigenvalue weighted by Crippen LogP contribution is 2.23. The number of aromatic amines is 1. The Morgan fingerprint density at radius 2 is 1.75 bits per heavy atom. The topological polar surface area (TPSA) is 116 Å². The average molecular weight is 375 g/mol. The van der Waals surface area contributed by atoms with E-state index in [0.717, 1.165) is 5.56 Å². The number of nitrogens with one attached hydrogen (secondary N) is 1. The summed E-state index contributed by atoms with van der Waals surface area (Å²) >= 11 is 0. The minimum absolute atomic E-state index is 0.0428. The highest BCUT2D eigenvalue weighted by atomic mass is 16.5. The number of hydrogen-bond donors (Lipinski definition) is 2. The lowest BCUT2D eigenvalue weighted by Crippen LogP contribution is -2.15. The van der Waals surface area contributed by atoms with E-state index in [2.05, 4.69) is 15.0 Å². The van der Waals surface area contributed by atoms with Crippen LogP contribution in [0.2, 0.25) is 0 Å². The Bertz CT molecular complexity index is 1240. The first kappa shape index (κ1) is 17.5. The number of aryl methyl sites for hydroxylation is 1. The number of amides is 1. The monoisotopic (exact) mass is 375 g/mol. The van der Waals surface area contributed by atoms with E-state index in [1.54, 1.807) is 31.4 Å². The molecule has 2 aromatic heterocycles. The van der Waals surface area contributed by atoms with Gasteiger partial charge in [-0.15, -0.1) is 0 Å². The van der Waals surface area contributed by atoms with E-state index >= 15 is 0 Å². The molecule has 0 aliphatic carbocycles. The molecule has 8 heteroatoms. The summed E-state index contributed by atoms with van der Waals surface area (Å²) in [5.74, 6) is 0.210. The Balaban J connectivity index is 2.00. The molecule has 0 atom stereocenters. The predicted molar refractivity (Wildman–Crippen MR) is 105 cm³/mol. The summed E-state index contributed by atoms with van der Waals surface area (Å²) in [6, 6.07) is 14.5. The molecule has 0 bridgehead atoms. The lowest BCUT2D eigenvalue weighted by atomic mass is 10.2. The van der Waals surface area contributed by atoms with E-state index in [0.29, 0.717) is 17.0 Å². The largest absolute Gasteiger partial charge is 0.497 e. The maximum absolute atomic E-state index is 12.6. The molecule has 0 aliphatic heterocycles. The van der Waals surface area contributed by atoms with E-state index < -0.39 is 11.6 Å². The van der Waals surface area contributed by atoms with Crippen LogP contribution in [-0.4, -0.2) is 32.5 Å². The van der Waals surface area contributed by atoms with Crippen LogP contribution in [0.3, 0.4) is 0 Å². The summed E-state index contributed by atoms with van der Waals surface area (Å²) in [7, 11) is 1.57. The zero-order valence-corrected chi connectivity index (χ0v) is 15.3. The van der Waals surface area contributed by atoms with Crippen molar-refractivity contribution in [1.82, 2.24) is 19.5 Å². The molecular weight excluding hydrogens is 358 g/mol. The normalized spacial score (nSPS) is 10.9. The molecule has 3 N–H and O–H groups in total. The van der Waals surface area contributed by atoms with Gasteiger partial charge in [0.05, 0.1) is 12.8 Å². The van der Waals surface area contributed by atoms with Crippen LogP contribution in [0.1, 0.15) is 16.1 Å². The van der Waals surface area contributed by atoms with E-state index in [1.807, 2.05) is 31.2 Å². The third kappa shape index (κ3) is 2.90. The first-order valence-electron chi connectivity index (χ1n) is 8.52. The number of fused-ring (bicyclic) bond motifs is 1. The number of primary amides is 1. The number of benzene rings is 2. The van der Waals surface area contributed by atoms with Crippen LogP contribution >= 0.6 is 0 Å². The molecule has 28 heavy (non-hydrogen) atoms. The minimum atomic E-state index is -0.750. The summed E-state index contributed by atoms with van der Waals surface area (Å²) in [5, 5.41) is 0. The van der Waals surface area contributed by atoms with Crippen molar-refractivity contribution in [2.75, 3.05) is 7.11 Å². The number of H-pyrrole nitrogens is 1. The Hall–Kier alpha value is -3.94. The van der Waals surface area contributed by atoms with Crippen molar-refractivity contribution in [1.29, 1.82) is 0 Å². The number of rotatable bonds is 4. The highest BCUT2D eigenvalue weighted by Gasteiger charge is 2.20. The van der Waals surface area contributed by atoms with Crippen molar-refractivity contribution in [2.24, 2.45) is 5.73 Å². The van der Waals surface area contributed by atoms with Crippen molar-refractivity contribution in [3.05, 3.63) is 70.3 Å². The maximum Gasteiger partial charge on any atom is 0.332 e. The fourth-order valence-corrected chi connectivity index (χ4v) is 2.97. The van der Waals surface area contributed by atoms with E-state index in [4.69, 9.17) is 10.5 Å². The Kier molecular flexibility index (Phi) is 4.15. The van der Waals surface area contributed by atoms with Crippen LogP contribution in [0.15, 0.2) is 53.3 Å². The van der Waals surface area contributed by atoms with Crippen LogP contribution in [0, 0.1) is 6.92 Å². The zero-order valence-electron chi connectivity index (χ0n) is 15.3. The molecule has 0 fully saturated rings. The van der Waals surface area contributed by atoms with Crippen molar-refractivity contribution < 1.29 is 9.53 Å². The average Bonchev–Trinajstić information content (AvgIpc) is 3.03. The molecule has 0 saturated carbocycles. The van der Waals surface area contributed by atoms with Crippen LogP contribution in [-0.2, 0) is 0 Å². The van der Waals surface area contributed by atoms with Crippen molar-refractivity contribution in [2.45, 2.75) is 6.92 Å². The van der Waals surface area contributed by atoms with Gasteiger partial charge in [-0.1, -0.05) is 17.7 Å². The molecule has 0 aliphatic rings. The third-order valence-electron chi connectivity index (χ3n) is 4.41. The zero-order chi connectivity index (χ0) is 19.8. The van der Waals surface area contributed by atoms with E-state index in [1.165, 1.54) is 4.57 Å². The summed E-state index contributed by atoms with van der Waals surface area (Å²) < 4.78 is 6.56. The molecule has 4 rings (SSSR count). The number of carbonyl (C=O) groups excluding carboxylic acids is 1. The van der Waals surface area contributed by atoms with Crippen LogP contribution in [0.5, 0.6) is 5.75 Å². The maximum atomic E-state index is 12.6. The number of hydrogen-bond acceptors (Lipinski definition) is 5. The van der Waals surface area contributed by atoms with Crippen molar-refractivity contribution in [3.8, 4) is 22.8 Å². The minimum Gasteiger partial charge on any atom is -0.497 e. The Morgan fingerprint density at radius 3 is 2.36 bits per heavy atom. The van der Waals surface area contributed by atoms with E-state index in [9.17, 15) is 9.59 Å². The first-order valence-corrected chi connectivity index (χ1v) is 8.52. The molecule has 2 heterocycles. The SMILES string of the molecule is COc1ccc(-c2nc(C(N)=O)c3[nH]c(=O)n(-c4ccc(C)cc4)c3n2)cc1. The van der Waals surface area contributed by atoms with Gasteiger partial charge >= 0.3 is 5.69 Å². The number of nitrogens with zero attached hydrogens (tertiary/aromatic N) is 3. The standard InChI is InChI=1S/C20H17N5O3/c1-11-3-7-13(8-4-11)25-19-16(23-20(25)27)15(17(21)26)22-18(24-19)12-5-9-14(28-2)10-6-12/h3-10H,1-2H3,(H2,21,26)(H,23,27). The molecule has 2 aromatic carbocycles. The molecule has 140 valence electrons. The summed E-state index contributed by atoms with van der Waals surface area (Å²) in [4.78, 5) is 36.0. The first-order chi connectivity index (χ1) is 13.5. The van der Waals surface area contributed by atoms with Crippen molar-refractivity contribution in [3.63, 3.8) is 0 Å². The smallest absolute Gasteiger partial charge is 0.332 e. The second-order valence-electron chi connectivity index (χ2n) is 6.29. The van der Waals surface area contributed by atoms with Crippen LogP contribution < -0.4 is 16.2 Å². The van der Waals surface area contributed by atoms with Crippen LogP contribution in [0.4, 0.5) is 0 Å². The fraction of sp³-hybridized carbons (Fsp3) is 0.100. The van der Waals surface area contributed by atoms with Gasteiger partial charge in [0.2, 0.25) is 0 Å². The number of nitrogens with two attached hydrogens (primary N) is 1. The lowest BCUT2D eigenvalue weighted by Gasteiger charge is -2.07. The van der Waals surface area contributed by atoms with Gasteiger partial charge in [0.15, 0.2) is 17.2 Å². The Labute approximate surface area is 159 Å². The fourth-order valence-electron chi connectivity index (χ4n) is 2.97. The lowest BCUT2D eigenvalue weighted by molar-refractivity contribution is 0.0997. The van der Waals surface area contributed by atoms with Crippen LogP contribution in [0.25, 0.3) is 28.2 Å². The molecule has 8 nitrogen and oxygen atoms in total. The van der Waals surface area contributed by atoms with Crippen molar-refractivity contribution >= 4 is 17.1 Å². The molecule has 0 saturated heterocycles. The Morgan fingerprint density at radius 1 is 1.07 bits per heavy atom. The van der Waals surface area contributed by atoms with Gasteiger partial charge in [-0.05, 0) is 43.3 Å². The second kappa shape index (κ2) is 6.66. The number of carbonyl (C=O) groups is 1. The third-order valence-corrected chi connectivity index (χ3v) is 4.41. The second-order valence-corrected chi connectivity index (χ2v) is 6.29. The molecule has 0 radical (unpaired) electrons. The number of ether oxygens (including phenoxy) is 1. The van der Waals surface area contributed by atoms with Gasteiger partial charge < -0.3 is 15.5 Å². The summed E-state index contributed by atoms with van der Waals surface area (Å²) in [6.07, 6.45) is 0. The summed E-state index contributed by atoms with van der Waals surface area (Å²) in [5.41, 5.74) is 7.87. The molecule has 0 spiro atoms. The number of aromatic nitrogens is 4. The highest BCUT2D eigenvalue weighted by molar-refractivity contribution is 6.02. The van der Waals surface area contributed by atoms with Gasteiger partial charge in [-0.25, -0.2) is 19.3 Å².